The van der Waals surface area contributed by atoms with Crippen molar-refractivity contribution in [1.82, 2.24) is 20.8 Å². The summed E-state index contributed by atoms with van der Waals surface area (Å²) in [5, 5.41) is 10.4. The number of benzene rings is 2. The van der Waals surface area contributed by atoms with Gasteiger partial charge in [-0.15, -0.1) is 0 Å². The molecular weight excluding hydrogens is 357 g/mol. The zero-order valence-electron chi connectivity index (χ0n) is 16.1. The molecule has 0 spiro atoms. The van der Waals surface area contributed by atoms with Crippen molar-refractivity contribution in [1.29, 1.82) is 0 Å². The minimum Gasteiger partial charge on any atom is -0.352 e. The normalized spacial score (nSPS) is 11.5. The molecule has 0 aliphatic rings. The predicted molar refractivity (Wildman–Crippen MR) is 107 cm³/mol. The fourth-order valence-electron chi connectivity index (χ4n) is 2.75. The third kappa shape index (κ3) is 5.39. The van der Waals surface area contributed by atoms with E-state index in [2.05, 4.69) is 32.7 Å². The number of halogens is 1. The van der Waals surface area contributed by atoms with E-state index in [1.54, 1.807) is 13.1 Å². The summed E-state index contributed by atoms with van der Waals surface area (Å²) in [6.07, 6.45) is 1.78. The Hall–Kier alpha value is -3.22. The molecule has 0 saturated heterocycles. The van der Waals surface area contributed by atoms with Crippen LogP contribution in [0.2, 0.25) is 0 Å². The number of nitrogens with one attached hydrogen (secondary N) is 2. The van der Waals surface area contributed by atoms with Gasteiger partial charge in [0.15, 0.2) is 11.8 Å². The average Bonchev–Trinajstić information content (AvgIpc) is 3.17. The van der Waals surface area contributed by atoms with Crippen LogP contribution in [-0.2, 0) is 19.5 Å². The van der Waals surface area contributed by atoms with E-state index in [4.69, 9.17) is 4.52 Å². The molecule has 3 aromatic rings. The molecule has 28 heavy (non-hydrogen) atoms. The van der Waals surface area contributed by atoms with Crippen LogP contribution in [0.25, 0.3) is 11.5 Å². The van der Waals surface area contributed by atoms with Crippen molar-refractivity contribution in [2.24, 2.45) is 4.99 Å². The van der Waals surface area contributed by atoms with Crippen LogP contribution in [0.15, 0.2) is 58.0 Å². The third-order valence-electron chi connectivity index (χ3n) is 4.15. The Balaban J connectivity index is 1.58. The zero-order valence-corrected chi connectivity index (χ0v) is 16.1. The number of aliphatic imine (C=N–C) groups is 1. The highest BCUT2D eigenvalue weighted by atomic mass is 19.1. The van der Waals surface area contributed by atoms with E-state index in [1.807, 2.05) is 30.3 Å². The Morgan fingerprint density at radius 3 is 2.46 bits per heavy atom. The van der Waals surface area contributed by atoms with Gasteiger partial charge in [0.2, 0.25) is 0 Å². The van der Waals surface area contributed by atoms with E-state index < -0.39 is 0 Å². The summed E-state index contributed by atoms with van der Waals surface area (Å²) in [5.74, 6) is 1.64. The topological polar surface area (TPSA) is 75.3 Å². The van der Waals surface area contributed by atoms with Gasteiger partial charge in [-0.1, -0.05) is 36.3 Å². The second-order valence-corrected chi connectivity index (χ2v) is 6.38. The maximum absolute atomic E-state index is 13.3. The number of guanidine groups is 1. The first-order chi connectivity index (χ1) is 13.7. The standard InChI is InChI=1S/C21H24FN5O/c1-3-6-19-26-20(28-27-19)17-9-4-7-15(11-17)13-24-21(23-2)25-14-16-8-5-10-18(22)12-16/h4-5,7-12H,3,6,13-14H2,1-2H3,(H2,23,24,25). The molecule has 3 rings (SSSR count). The van der Waals surface area contributed by atoms with Gasteiger partial charge in [-0.25, -0.2) is 4.39 Å². The first kappa shape index (κ1) is 19.5. The first-order valence-electron chi connectivity index (χ1n) is 9.28. The van der Waals surface area contributed by atoms with Crippen LogP contribution in [0.3, 0.4) is 0 Å². The lowest BCUT2D eigenvalue weighted by Gasteiger charge is -2.12. The Labute approximate surface area is 163 Å². The zero-order chi connectivity index (χ0) is 19.8. The van der Waals surface area contributed by atoms with Crippen molar-refractivity contribution in [3.63, 3.8) is 0 Å². The highest BCUT2D eigenvalue weighted by molar-refractivity contribution is 5.79. The summed E-state index contributed by atoms with van der Waals surface area (Å²) in [6.45, 7) is 3.14. The molecule has 0 saturated carbocycles. The number of aromatic nitrogens is 2. The fourth-order valence-corrected chi connectivity index (χ4v) is 2.75. The maximum Gasteiger partial charge on any atom is 0.257 e. The highest BCUT2D eigenvalue weighted by Crippen LogP contribution is 2.19. The van der Waals surface area contributed by atoms with Gasteiger partial charge in [0.05, 0.1) is 0 Å². The molecule has 1 aromatic heterocycles. The molecule has 1 heterocycles. The van der Waals surface area contributed by atoms with Gasteiger partial charge < -0.3 is 15.2 Å². The molecule has 0 bridgehead atoms. The molecule has 7 heteroatoms. The molecule has 6 nitrogen and oxygen atoms in total. The summed E-state index contributed by atoms with van der Waals surface area (Å²) in [7, 11) is 1.70. The van der Waals surface area contributed by atoms with Gasteiger partial charge in [-0.2, -0.15) is 4.98 Å². The smallest absolute Gasteiger partial charge is 0.257 e. The van der Waals surface area contributed by atoms with Crippen LogP contribution < -0.4 is 10.6 Å². The summed E-state index contributed by atoms with van der Waals surface area (Å²) >= 11 is 0. The second-order valence-electron chi connectivity index (χ2n) is 6.38. The van der Waals surface area contributed by atoms with Crippen molar-refractivity contribution in [2.75, 3.05) is 7.05 Å². The molecule has 0 atom stereocenters. The van der Waals surface area contributed by atoms with Crippen LogP contribution in [0, 0.1) is 5.82 Å². The van der Waals surface area contributed by atoms with Gasteiger partial charge in [-0.05, 0) is 41.8 Å². The Bertz CT molecular complexity index is 938. The molecular formula is C21H24FN5O. The lowest BCUT2D eigenvalue weighted by Crippen LogP contribution is -2.36. The van der Waals surface area contributed by atoms with Crippen LogP contribution in [-0.4, -0.2) is 23.1 Å². The van der Waals surface area contributed by atoms with Crippen molar-refractivity contribution in [2.45, 2.75) is 32.9 Å². The van der Waals surface area contributed by atoms with Crippen LogP contribution in [0.1, 0.15) is 30.3 Å². The minimum absolute atomic E-state index is 0.248. The van der Waals surface area contributed by atoms with E-state index in [1.165, 1.54) is 12.1 Å². The van der Waals surface area contributed by atoms with Crippen LogP contribution >= 0.6 is 0 Å². The summed E-state index contributed by atoms with van der Waals surface area (Å²) in [4.78, 5) is 8.63. The minimum atomic E-state index is -0.248. The molecule has 0 amide bonds. The number of hydrogen-bond donors (Lipinski definition) is 2. The van der Waals surface area contributed by atoms with Crippen LogP contribution in [0.4, 0.5) is 4.39 Å². The van der Waals surface area contributed by atoms with Crippen molar-refractivity contribution in [3.05, 3.63) is 71.3 Å². The molecule has 2 N–H and O–H groups in total. The first-order valence-corrected chi connectivity index (χ1v) is 9.28. The number of rotatable bonds is 7. The lowest BCUT2D eigenvalue weighted by molar-refractivity contribution is 0.422. The van der Waals surface area contributed by atoms with E-state index in [0.717, 1.165) is 35.4 Å². The molecule has 2 aromatic carbocycles. The van der Waals surface area contributed by atoms with Gasteiger partial charge in [0.1, 0.15) is 5.82 Å². The highest BCUT2D eigenvalue weighted by Gasteiger charge is 2.09. The Morgan fingerprint density at radius 1 is 1.07 bits per heavy atom. The van der Waals surface area contributed by atoms with Gasteiger partial charge in [0.25, 0.3) is 5.89 Å². The lowest BCUT2D eigenvalue weighted by atomic mass is 10.1. The number of nitrogens with zero attached hydrogens (tertiary/aromatic N) is 3. The fraction of sp³-hybridized carbons (Fsp3) is 0.286. The Kier molecular flexibility index (Phi) is 6.73. The molecule has 0 fully saturated rings. The summed E-state index contributed by atoms with van der Waals surface area (Å²) in [5.41, 5.74) is 2.79. The monoisotopic (exact) mass is 381 g/mol. The van der Waals surface area contributed by atoms with E-state index >= 15 is 0 Å². The van der Waals surface area contributed by atoms with E-state index in [0.29, 0.717) is 24.9 Å². The van der Waals surface area contributed by atoms with Crippen molar-refractivity contribution in [3.8, 4) is 11.5 Å². The average molecular weight is 381 g/mol. The number of hydrogen-bond acceptors (Lipinski definition) is 4. The van der Waals surface area contributed by atoms with Gasteiger partial charge >= 0.3 is 0 Å². The SMILES string of the molecule is CCCc1noc(-c2cccc(CNC(=NC)NCc3cccc(F)c3)c2)n1. The van der Waals surface area contributed by atoms with Crippen molar-refractivity contribution >= 4 is 5.96 Å². The molecule has 0 unspecified atom stereocenters. The van der Waals surface area contributed by atoms with Crippen molar-refractivity contribution < 1.29 is 8.91 Å². The van der Waals surface area contributed by atoms with E-state index in [-0.39, 0.29) is 5.82 Å². The van der Waals surface area contributed by atoms with E-state index in [9.17, 15) is 4.39 Å². The second kappa shape index (κ2) is 9.64. The quantitative estimate of drug-likeness (QED) is 0.482. The Morgan fingerprint density at radius 2 is 1.79 bits per heavy atom. The third-order valence-corrected chi connectivity index (χ3v) is 4.15. The summed E-state index contributed by atoms with van der Waals surface area (Å²) < 4.78 is 18.6. The van der Waals surface area contributed by atoms with Gasteiger partial charge in [0, 0.05) is 32.1 Å². The number of aryl methyl sites for hydroxylation is 1. The molecule has 146 valence electrons. The molecule has 0 radical (unpaired) electrons. The summed E-state index contributed by atoms with van der Waals surface area (Å²) in [6, 6.07) is 14.4. The van der Waals surface area contributed by atoms with Crippen LogP contribution in [0.5, 0.6) is 0 Å². The predicted octanol–water partition coefficient (Wildman–Crippen LogP) is 3.69. The molecule has 0 aliphatic carbocycles. The molecule has 0 aliphatic heterocycles. The largest absolute Gasteiger partial charge is 0.352 e. The van der Waals surface area contributed by atoms with Gasteiger partial charge in [-0.3, -0.25) is 4.99 Å². The maximum atomic E-state index is 13.3.